The zero-order chi connectivity index (χ0) is 24.4. The molecule has 1 saturated heterocycles. The molecule has 0 radical (unpaired) electrons. The number of likely N-dealkylation sites (tertiary alicyclic amines) is 1. The summed E-state index contributed by atoms with van der Waals surface area (Å²) in [6, 6.07) is 6.65. The van der Waals surface area contributed by atoms with Gasteiger partial charge in [-0.2, -0.15) is 11.8 Å². The van der Waals surface area contributed by atoms with Crippen molar-refractivity contribution in [1.29, 1.82) is 0 Å². The molecule has 10 heteroatoms. The first-order valence-corrected chi connectivity index (χ1v) is 13.0. The first kappa shape index (κ1) is 30.1. The molecule has 1 aliphatic rings. The molecule has 1 heterocycles. The average Bonchev–Trinajstić information content (AvgIpc) is 2.83. The van der Waals surface area contributed by atoms with Crippen LogP contribution in [0.5, 0.6) is 5.75 Å². The second-order valence-corrected chi connectivity index (χ2v) is 9.86. The van der Waals surface area contributed by atoms with E-state index in [1.54, 1.807) is 18.9 Å². The molecule has 0 saturated carbocycles. The molecule has 5 N–H and O–H groups in total. The lowest BCUT2D eigenvalue weighted by atomic mass is 9.94. The number of hydrogen-bond donors (Lipinski definition) is 3. The van der Waals surface area contributed by atoms with Crippen molar-refractivity contribution in [2.24, 2.45) is 11.8 Å². The van der Waals surface area contributed by atoms with Crippen LogP contribution >= 0.6 is 11.8 Å². The molecule has 0 spiro atoms. The van der Waals surface area contributed by atoms with E-state index in [1.807, 2.05) is 49.3 Å². The van der Waals surface area contributed by atoms with Gasteiger partial charge in [-0.15, -0.1) is 0 Å². The van der Waals surface area contributed by atoms with Crippen molar-refractivity contribution < 1.29 is 37.3 Å². The fraction of sp³-hybridized carbons (Fsp3) is 0.625. The number of ether oxygens (including phenoxy) is 1. The van der Waals surface area contributed by atoms with E-state index in [1.165, 1.54) is 0 Å². The summed E-state index contributed by atoms with van der Waals surface area (Å²) < 4.78 is 5.15. The zero-order valence-electron chi connectivity index (χ0n) is 20.6. The standard InChI is InChI=1S/C24H38N4O4S.ClH/c1-16(2)21(23(30)26-15-17-5-7-19(32-3)8-6-17)27-22(29)18-9-12-28(13-10-18)24(31)20(25)11-14-33-4;/h5-8,16,18,20-21H,9-15,25H2,1-4H3,(H,26,30)(H,27,29);1H/t20-,21-;/m1./s1. The minimum absolute atomic E-state index is 0. The maximum atomic E-state index is 12.9. The van der Waals surface area contributed by atoms with Crippen LogP contribution in [0, 0.1) is 11.8 Å². The highest BCUT2D eigenvalue weighted by Crippen LogP contribution is 2.19. The van der Waals surface area contributed by atoms with Gasteiger partial charge in [-0.3, -0.25) is 14.4 Å². The van der Waals surface area contributed by atoms with Gasteiger partial charge >= 0.3 is 0 Å². The molecule has 2 rings (SSSR count). The Labute approximate surface area is 213 Å². The summed E-state index contributed by atoms with van der Waals surface area (Å²) in [5.41, 5.74) is 4.95. The Bertz CT molecular complexity index is 786. The van der Waals surface area contributed by atoms with Gasteiger partial charge in [-0.25, -0.2) is 0 Å². The van der Waals surface area contributed by atoms with Crippen LogP contribution < -0.4 is 33.5 Å². The summed E-state index contributed by atoms with van der Waals surface area (Å²) in [6.45, 7) is 5.33. The number of quaternary nitrogens is 1. The van der Waals surface area contributed by atoms with Crippen LogP contribution in [0.15, 0.2) is 24.3 Å². The number of amides is 3. The fourth-order valence-electron chi connectivity index (χ4n) is 3.85. The van der Waals surface area contributed by atoms with Crippen LogP contribution in [0.1, 0.15) is 38.7 Å². The summed E-state index contributed by atoms with van der Waals surface area (Å²) in [5, 5.41) is 5.87. The molecule has 8 nitrogen and oxygen atoms in total. The number of thioether (sulfide) groups is 1. The third-order valence-electron chi connectivity index (χ3n) is 6.07. The predicted octanol–water partition coefficient (Wildman–Crippen LogP) is -1.94. The normalized spacial score (nSPS) is 15.8. The number of halogens is 1. The maximum absolute atomic E-state index is 12.9. The van der Waals surface area contributed by atoms with E-state index >= 15 is 0 Å². The molecule has 34 heavy (non-hydrogen) atoms. The molecule has 1 aliphatic heterocycles. The molecule has 1 aromatic carbocycles. The van der Waals surface area contributed by atoms with Crippen LogP contribution in [-0.2, 0) is 20.9 Å². The second-order valence-electron chi connectivity index (χ2n) is 8.87. The number of carbonyl (C=O) groups is 3. The largest absolute Gasteiger partial charge is 1.00 e. The number of hydrogen-bond acceptors (Lipinski definition) is 5. The van der Waals surface area contributed by atoms with Gasteiger partial charge in [-0.1, -0.05) is 26.0 Å². The predicted molar refractivity (Wildman–Crippen MR) is 131 cm³/mol. The SMILES string of the molecule is COc1ccc(CNC(=O)[C@H](NC(=O)C2CCN(C(=O)[C@H]([NH3+])CCSC)CC2)C(C)C)cc1.[Cl-]. The minimum Gasteiger partial charge on any atom is -1.00 e. The molecule has 3 amide bonds. The first-order valence-electron chi connectivity index (χ1n) is 11.6. The Hall–Kier alpha value is -1.97. The van der Waals surface area contributed by atoms with Crippen molar-refractivity contribution in [2.75, 3.05) is 32.2 Å². The van der Waals surface area contributed by atoms with E-state index < -0.39 is 6.04 Å². The molecular formula is C24H39ClN4O4S. The van der Waals surface area contributed by atoms with Gasteiger partial charge in [0.15, 0.2) is 6.04 Å². The molecule has 0 unspecified atom stereocenters. The molecule has 0 bridgehead atoms. The van der Waals surface area contributed by atoms with Crippen LogP contribution in [0.2, 0.25) is 0 Å². The summed E-state index contributed by atoms with van der Waals surface area (Å²) in [6.07, 6.45) is 3.99. The molecule has 0 aromatic heterocycles. The van der Waals surface area contributed by atoms with Crippen molar-refractivity contribution >= 4 is 29.5 Å². The Morgan fingerprint density at radius 2 is 1.79 bits per heavy atom. The van der Waals surface area contributed by atoms with Crippen LogP contribution in [0.4, 0.5) is 0 Å². The molecule has 0 aliphatic carbocycles. The van der Waals surface area contributed by atoms with Gasteiger partial charge in [0.2, 0.25) is 11.8 Å². The van der Waals surface area contributed by atoms with E-state index in [0.717, 1.165) is 23.5 Å². The van der Waals surface area contributed by atoms with Crippen LogP contribution in [-0.4, -0.2) is 66.9 Å². The first-order chi connectivity index (χ1) is 15.8. The monoisotopic (exact) mass is 514 g/mol. The number of benzene rings is 1. The van der Waals surface area contributed by atoms with E-state index in [9.17, 15) is 14.4 Å². The summed E-state index contributed by atoms with van der Waals surface area (Å²) >= 11 is 1.71. The quantitative estimate of drug-likeness (QED) is 0.318. The smallest absolute Gasteiger partial charge is 0.280 e. The third-order valence-corrected chi connectivity index (χ3v) is 6.71. The lowest BCUT2D eigenvalue weighted by Gasteiger charge is -2.33. The van der Waals surface area contributed by atoms with E-state index in [4.69, 9.17) is 4.74 Å². The minimum atomic E-state index is -0.605. The van der Waals surface area contributed by atoms with Crippen molar-refractivity contribution in [3.05, 3.63) is 29.8 Å². The average molecular weight is 515 g/mol. The summed E-state index contributed by atoms with van der Waals surface area (Å²) in [4.78, 5) is 40.1. The number of piperidine rings is 1. The number of rotatable bonds is 11. The van der Waals surface area contributed by atoms with Gasteiger partial charge in [0.05, 0.1) is 7.11 Å². The van der Waals surface area contributed by atoms with Crippen molar-refractivity contribution in [3.8, 4) is 5.75 Å². The Kier molecular flexibility index (Phi) is 13.4. The fourth-order valence-corrected chi connectivity index (χ4v) is 4.37. The molecule has 1 fully saturated rings. The van der Waals surface area contributed by atoms with E-state index in [2.05, 4.69) is 16.4 Å². The highest BCUT2D eigenvalue weighted by atomic mass is 35.5. The molecule has 192 valence electrons. The molecular weight excluding hydrogens is 476 g/mol. The van der Waals surface area contributed by atoms with Crippen molar-refractivity contribution in [1.82, 2.24) is 15.5 Å². The van der Waals surface area contributed by atoms with Gasteiger partial charge in [0.1, 0.15) is 11.8 Å². The Morgan fingerprint density at radius 3 is 2.32 bits per heavy atom. The Balaban J connectivity index is 0.00000578. The van der Waals surface area contributed by atoms with Crippen molar-refractivity contribution in [2.45, 2.75) is 51.7 Å². The number of methoxy groups -OCH3 is 1. The van der Waals surface area contributed by atoms with Gasteiger partial charge < -0.3 is 38.4 Å². The summed E-state index contributed by atoms with van der Waals surface area (Å²) in [5.74, 6) is 1.19. The summed E-state index contributed by atoms with van der Waals surface area (Å²) in [7, 11) is 1.61. The zero-order valence-corrected chi connectivity index (χ0v) is 22.2. The maximum Gasteiger partial charge on any atom is 0.280 e. The molecule has 2 atom stereocenters. The molecule has 1 aromatic rings. The van der Waals surface area contributed by atoms with Gasteiger partial charge in [-0.05, 0) is 48.5 Å². The van der Waals surface area contributed by atoms with Gasteiger partial charge in [0.25, 0.3) is 5.91 Å². The highest BCUT2D eigenvalue weighted by molar-refractivity contribution is 7.98. The highest BCUT2D eigenvalue weighted by Gasteiger charge is 2.33. The second kappa shape index (κ2) is 15.1. The lowest BCUT2D eigenvalue weighted by molar-refractivity contribution is -0.406. The van der Waals surface area contributed by atoms with Crippen LogP contribution in [0.3, 0.4) is 0 Å². The topological polar surface area (TPSA) is 115 Å². The Morgan fingerprint density at radius 1 is 1.18 bits per heavy atom. The lowest BCUT2D eigenvalue weighted by Crippen LogP contribution is -3.00. The van der Waals surface area contributed by atoms with Crippen molar-refractivity contribution in [3.63, 3.8) is 0 Å². The van der Waals surface area contributed by atoms with E-state index in [0.29, 0.717) is 32.5 Å². The third kappa shape index (κ3) is 9.00. The van der Waals surface area contributed by atoms with Gasteiger partial charge in [0, 0.05) is 32.0 Å². The number of nitrogens with zero attached hydrogens (tertiary/aromatic N) is 1. The number of carbonyl (C=O) groups excluding carboxylic acids is 3. The van der Waals surface area contributed by atoms with E-state index in [-0.39, 0.29) is 48.0 Å². The van der Waals surface area contributed by atoms with Crippen LogP contribution in [0.25, 0.3) is 0 Å². The number of nitrogens with one attached hydrogen (secondary N) is 2.